The predicted octanol–water partition coefficient (Wildman–Crippen LogP) is 3.43. The summed E-state index contributed by atoms with van der Waals surface area (Å²) in [7, 11) is 0. The van der Waals surface area contributed by atoms with Gasteiger partial charge in [-0.1, -0.05) is 35.3 Å². The van der Waals surface area contributed by atoms with E-state index in [1.807, 2.05) is 12.1 Å². The molecule has 0 radical (unpaired) electrons. The molecule has 5 nitrogen and oxygen atoms in total. The molecule has 0 spiro atoms. The van der Waals surface area contributed by atoms with Gasteiger partial charge in [-0.2, -0.15) is 0 Å². The van der Waals surface area contributed by atoms with Gasteiger partial charge in [0, 0.05) is 0 Å². The van der Waals surface area contributed by atoms with Gasteiger partial charge in [-0.25, -0.2) is 0 Å². The number of halogens is 2. The molecule has 0 bridgehead atoms. The smallest absolute Gasteiger partial charge is 0.261 e. The Morgan fingerprint density at radius 2 is 1.58 bits per heavy atom. The summed E-state index contributed by atoms with van der Waals surface area (Å²) in [5, 5.41) is 0.481. The minimum Gasteiger partial charge on any atom is -0.486 e. The lowest BCUT2D eigenvalue weighted by Gasteiger charge is -2.28. The number of carbonyl (C=O) groups excluding carboxylic acids is 2. The van der Waals surface area contributed by atoms with Crippen LogP contribution in [0.4, 0.5) is 0 Å². The fourth-order valence-electron chi connectivity index (χ4n) is 2.81. The second kappa shape index (κ2) is 5.69. The molecule has 7 heteroatoms. The average molecular weight is 364 g/mol. The highest BCUT2D eigenvalue weighted by Crippen LogP contribution is 2.34. The lowest BCUT2D eigenvalue weighted by Crippen LogP contribution is -2.43. The number of carbonyl (C=O) groups is 2. The standard InChI is InChI=1S/C17H11Cl2NO4/c18-12-5-10-11(6-13(12)19)17(22)20(16(10)21)7-9-8-23-14-3-1-2-4-15(14)24-9/h1-6,9H,7-8H2. The van der Waals surface area contributed by atoms with Crippen molar-refractivity contribution in [2.45, 2.75) is 6.10 Å². The molecule has 0 saturated carbocycles. The van der Waals surface area contributed by atoms with Crippen molar-refractivity contribution < 1.29 is 19.1 Å². The number of ether oxygens (including phenoxy) is 2. The number of para-hydroxylation sites is 2. The third-order valence-electron chi connectivity index (χ3n) is 3.97. The Bertz CT molecular complexity index is 827. The van der Waals surface area contributed by atoms with Crippen LogP contribution in [-0.2, 0) is 0 Å². The Balaban J connectivity index is 1.56. The summed E-state index contributed by atoms with van der Waals surface area (Å²) in [6, 6.07) is 10.1. The molecule has 2 aliphatic rings. The molecular weight excluding hydrogens is 353 g/mol. The predicted molar refractivity (Wildman–Crippen MR) is 88.2 cm³/mol. The van der Waals surface area contributed by atoms with E-state index in [0.29, 0.717) is 11.5 Å². The molecule has 0 aromatic heterocycles. The minimum absolute atomic E-state index is 0.0932. The van der Waals surface area contributed by atoms with Crippen molar-refractivity contribution in [3.8, 4) is 11.5 Å². The molecule has 2 aromatic rings. The number of rotatable bonds is 2. The molecule has 24 heavy (non-hydrogen) atoms. The van der Waals surface area contributed by atoms with Crippen molar-refractivity contribution in [2.75, 3.05) is 13.2 Å². The second-order valence-corrected chi connectivity index (χ2v) is 6.34. The van der Waals surface area contributed by atoms with Crippen molar-refractivity contribution in [3.63, 3.8) is 0 Å². The SMILES string of the molecule is O=C1c2cc(Cl)c(Cl)cc2C(=O)N1CC1COc2ccccc2O1. The summed E-state index contributed by atoms with van der Waals surface area (Å²) < 4.78 is 11.4. The van der Waals surface area contributed by atoms with Crippen LogP contribution < -0.4 is 9.47 Å². The second-order valence-electron chi connectivity index (χ2n) is 5.53. The van der Waals surface area contributed by atoms with Gasteiger partial charge in [0.25, 0.3) is 11.8 Å². The Morgan fingerprint density at radius 1 is 1.00 bits per heavy atom. The maximum Gasteiger partial charge on any atom is 0.261 e. The highest BCUT2D eigenvalue weighted by molar-refractivity contribution is 6.43. The number of amides is 2. The molecule has 1 unspecified atom stereocenters. The van der Waals surface area contributed by atoms with E-state index in [0.717, 1.165) is 4.90 Å². The number of imide groups is 1. The maximum atomic E-state index is 12.5. The molecule has 0 N–H and O–H groups in total. The van der Waals surface area contributed by atoms with E-state index in [1.165, 1.54) is 12.1 Å². The summed E-state index contributed by atoms with van der Waals surface area (Å²) in [6.07, 6.45) is -0.437. The largest absolute Gasteiger partial charge is 0.486 e. The number of hydrogen-bond donors (Lipinski definition) is 0. The molecule has 2 aliphatic heterocycles. The Kier molecular flexibility index (Phi) is 3.62. The molecule has 0 fully saturated rings. The zero-order valence-electron chi connectivity index (χ0n) is 12.3. The zero-order valence-corrected chi connectivity index (χ0v) is 13.8. The Morgan fingerprint density at radius 3 is 2.21 bits per heavy atom. The lowest BCUT2D eigenvalue weighted by atomic mass is 10.1. The molecule has 2 aromatic carbocycles. The van der Waals surface area contributed by atoms with E-state index in [-0.39, 0.29) is 34.3 Å². The lowest BCUT2D eigenvalue weighted by molar-refractivity contribution is 0.0430. The van der Waals surface area contributed by atoms with Gasteiger partial charge in [0.2, 0.25) is 0 Å². The van der Waals surface area contributed by atoms with Crippen molar-refractivity contribution in [1.29, 1.82) is 0 Å². The average Bonchev–Trinajstić information content (AvgIpc) is 2.80. The van der Waals surface area contributed by atoms with E-state index < -0.39 is 17.9 Å². The van der Waals surface area contributed by atoms with Crippen LogP contribution in [0.3, 0.4) is 0 Å². The number of benzene rings is 2. The first-order chi connectivity index (χ1) is 11.5. The third-order valence-corrected chi connectivity index (χ3v) is 4.69. The highest BCUT2D eigenvalue weighted by Gasteiger charge is 2.38. The van der Waals surface area contributed by atoms with E-state index in [2.05, 4.69) is 0 Å². The Labute approximate surface area is 147 Å². The van der Waals surface area contributed by atoms with Gasteiger partial charge in [0.15, 0.2) is 17.6 Å². The van der Waals surface area contributed by atoms with Crippen molar-refractivity contribution in [1.82, 2.24) is 4.90 Å². The van der Waals surface area contributed by atoms with E-state index in [4.69, 9.17) is 32.7 Å². The summed E-state index contributed by atoms with van der Waals surface area (Å²) in [6.45, 7) is 0.349. The quantitative estimate of drug-likeness (QED) is 0.767. The zero-order chi connectivity index (χ0) is 16.8. The van der Waals surface area contributed by atoms with Gasteiger partial charge < -0.3 is 9.47 Å². The highest BCUT2D eigenvalue weighted by atomic mass is 35.5. The molecule has 2 heterocycles. The molecular formula is C17H11Cl2NO4. The Hall–Kier alpha value is -2.24. The van der Waals surface area contributed by atoms with Crippen LogP contribution in [0, 0.1) is 0 Å². The first-order valence-corrected chi connectivity index (χ1v) is 8.04. The molecule has 122 valence electrons. The fraction of sp³-hybridized carbons (Fsp3) is 0.176. The monoisotopic (exact) mass is 363 g/mol. The molecule has 4 rings (SSSR count). The number of hydrogen-bond acceptors (Lipinski definition) is 4. The first-order valence-electron chi connectivity index (χ1n) is 7.28. The maximum absolute atomic E-state index is 12.5. The topological polar surface area (TPSA) is 55.8 Å². The van der Waals surface area contributed by atoms with Gasteiger partial charge in [-0.15, -0.1) is 0 Å². The number of fused-ring (bicyclic) bond motifs is 2. The molecule has 0 saturated heterocycles. The van der Waals surface area contributed by atoms with Gasteiger partial charge in [-0.05, 0) is 24.3 Å². The summed E-state index contributed by atoms with van der Waals surface area (Å²) >= 11 is 11.9. The van der Waals surface area contributed by atoms with Gasteiger partial charge in [0.05, 0.1) is 27.7 Å². The van der Waals surface area contributed by atoms with E-state index in [1.54, 1.807) is 12.1 Å². The van der Waals surface area contributed by atoms with Gasteiger partial charge in [-0.3, -0.25) is 14.5 Å². The van der Waals surface area contributed by atoms with Gasteiger partial charge in [0.1, 0.15) is 6.61 Å². The summed E-state index contributed by atoms with van der Waals surface area (Å²) in [4.78, 5) is 26.1. The van der Waals surface area contributed by atoms with Crippen LogP contribution in [0.1, 0.15) is 20.7 Å². The van der Waals surface area contributed by atoms with Crippen LogP contribution in [-0.4, -0.2) is 36.0 Å². The van der Waals surface area contributed by atoms with Crippen LogP contribution >= 0.6 is 23.2 Å². The summed E-state index contributed by atoms with van der Waals surface area (Å²) in [5.74, 6) is 0.429. The van der Waals surface area contributed by atoms with Crippen LogP contribution in [0.15, 0.2) is 36.4 Å². The van der Waals surface area contributed by atoms with Crippen molar-refractivity contribution in [3.05, 3.63) is 57.6 Å². The minimum atomic E-state index is -0.437. The van der Waals surface area contributed by atoms with Gasteiger partial charge >= 0.3 is 0 Å². The summed E-state index contributed by atoms with van der Waals surface area (Å²) in [5.41, 5.74) is 0.512. The van der Waals surface area contributed by atoms with E-state index >= 15 is 0 Å². The third kappa shape index (κ3) is 2.41. The van der Waals surface area contributed by atoms with E-state index in [9.17, 15) is 9.59 Å². The molecule has 2 amide bonds. The molecule has 1 atom stereocenters. The van der Waals surface area contributed by atoms with Crippen molar-refractivity contribution in [2.24, 2.45) is 0 Å². The van der Waals surface area contributed by atoms with Crippen LogP contribution in [0.25, 0.3) is 0 Å². The first kappa shape index (κ1) is 15.3. The molecule has 0 aliphatic carbocycles. The van der Waals surface area contributed by atoms with Crippen LogP contribution in [0.2, 0.25) is 10.0 Å². The number of nitrogens with zero attached hydrogens (tertiary/aromatic N) is 1. The van der Waals surface area contributed by atoms with Crippen LogP contribution in [0.5, 0.6) is 11.5 Å². The normalized spacial score (nSPS) is 18.8. The fourth-order valence-corrected chi connectivity index (χ4v) is 3.13. The van der Waals surface area contributed by atoms with Crippen molar-refractivity contribution >= 4 is 35.0 Å².